The fraction of sp³-hybridized carbons (Fsp3) is 0.355. The van der Waals surface area contributed by atoms with E-state index in [1.165, 1.54) is 38.5 Å². The third-order valence-corrected chi connectivity index (χ3v) is 7.98. The number of hydrogen-bond donors (Lipinski definition) is 3. The van der Waals surface area contributed by atoms with Gasteiger partial charge in [-0.1, -0.05) is 25.2 Å². The molecule has 1 saturated carbocycles. The Labute approximate surface area is 228 Å². The van der Waals surface area contributed by atoms with Crippen molar-refractivity contribution in [3.63, 3.8) is 0 Å². The van der Waals surface area contributed by atoms with E-state index >= 15 is 0 Å². The molecule has 0 amide bonds. The molecule has 200 valence electrons. The largest absolute Gasteiger partial charge is 0.358 e. The lowest BCUT2D eigenvalue weighted by atomic mass is 9.83. The molecular weight excluding hydrogens is 484 g/mol. The molecule has 2 aliphatic rings. The molecular formula is C31H36N8. The van der Waals surface area contributed by atoms with Crippen molar-refractivity contribution in [2.45, 2.75) is 52.4 Å². The van der Waals surface area contributed by atoms with Crippen LogP contribution in [0.4, 0.5) is 11.5 Å². The molecule has 0 radical (unpaired) electrons. The highest BCUT2D eigenvalue weighted by Gasteiger charge is 2.21. The molecule has 2 fully saturated rings. The average Bonchev–Trinajstić information content (AvgIpc) is 3.55. The van der Waals surface area contributed by atoms with Gasteiger partial charge in [0.05, 0.1) is 22.8 Å². The maximum atomic E-state index is 4.96. The number of pyridine rings is 2. The number of aromatic amines is 2. The highest BCUT2D eigenvalue weighted by molar-refractivity contribution is 5.88. The monoisotopic (exact) mass is 520 g/mol. The van der Waals surface area contributed by atoms with Crippen molar-refractivity contribution in [3.8, 4) is 11.5 Å². The predicted molar refractivity (Wildman–Crippen MR) is 159 cm³/mol. The third kappa shape index (κ3) is 5.11. The number of allylic oxidation sites excluding steroid dienone is 3. The fourth-order valence-electron chi connectivity index (χ4n) is 5.41. The second-order valence-corrected chi connectivity index (χ2v) is 10.6. The number of nitrogens with zero attached hydrogens (tertiary/aromatic N) is 5. The van der Waals surface area contributed by atoms with Gasteiger partial charge in [-0.2, -0.15) is 5.10 Å². The minimum Gasteiger partial charge on any atom is -0.358 e. The molecule has 0 atom stereocenters. The second kappa shape index (κ2) is 10.9. The normalized spacial score (nSPS) is 17.6. The Morgan fingerprint density at radius 2 is 2.00 bits per heavy atom. The standard InChI is InChI=1S/C31H36N8/c1-4-25-26(12-11-20(2)23-17-24(19-32-18-23)34-21(3)22-9-8-10-22)37-38-28(25)30-35-27-13-14-33-31(29(27)36-30)39-15-6-5-7-16-39/h4,11-14,17-19,22,34,37H,3,5-10,15-16H2,1-2H3,(H,35,36)/b20-11+,25-4-,26-12+. The van der Waals surface area contributed by atoms with E-state index < -0.39 is 0 Å². The van der Waals surface area contributed by atoms with E-state index in [1.807, 2.05) is 31.6 Å². The average molecular weight is 521 g/mol. The molecule has 1 aliphatic carbocycles. The van der Waals surface area contributed by atoms with Gasteiger partial charge in [-0.25, -0.2) is 9.97 Å². The zero-order valence-electron chi connectivity index (χ0n) is 22.8. The van der Waals surface area contributed by atoms with Gasteiger partial charge >= 0.3 is 0 Å². The molecule has 0 bridgehead atoms. The number of anilines is 2. The Kier molecular flexibility index (Phi) is 7.00. The first-order valence-electron chi connectivity index (χ1n) is 14.0. The molecule has 39 heavy (non-hydrogen) atoms. The summed E-state index contributed by atoms with van der Waals surface area (Å²) in [5, 5.41) is 13.3. The summed E-state index contributed by atoms with van der Waals surface area (Å²) < 4.78 is 0. The molecule has 5 heterocycles. The van der Waals surface area contributed by atoms with Gasteiger partial charge < -0.3 is 15.2 Å². The van der Waals surface area contributed by atoms with E-state index in [4.69, 9.17) is 4.98 Å². The van der Waals surface area contributed by atoms with Gasteiger partial charge in [0.15, 0.2) is 11.6 Å². The molecule has 0 aromatic carbocycles. The van der Waals surface area contributed by atoms with Crippen molar-refractivity contribution in [1.82, 2.24) is 30.1 Å². The summed E-state index contributed by atoms with van der Waals surface area (Å²) in [4.78, 5) is 19.9. The lowest BCUT2D eigenvalue weighted by Crippen LogP contribution is -2.30. The summed E-state index contributed by atoms with van der Waals surface area (Å²) in [6.07, 6.45) is 19.3. The summed E-state index contributed by atoms with van der Waals surface area (Å²) in [5.74, 6) is 2.28. The van der Waals surface area contributed by atoms with Crippen molar-refractivity contribution in [2.24, 2.45) is 5.92 Å². The molecule has 8 heteroatoms. The van der Waals surface area contributed by atoms with E-state index in [0.717, 1.165) is 74.5 Å². The maximum Gasteiger partial charge on any atom is 0.159 e. The first-order valence-corrected chi connectivity index (χ1v) is 14.0. The Morgan fingerprint density at radius 1 is 1.15 bits per heavy atom. The van der Waals surface area contributed by atoms with Gasteiger partial charge in [-0.3, -0.25) is 10.1 Å². The fourth-order valence-corrected chi connectivity index (χ4v) is 5.41. The summed E-state index contributed by atoms with van der Waals surface area (Å²) in [6, 6.07) is 4.11. The number of nitrogens with one attached hydrogen (secondary N) is 3. The number of imidazole rings is 1. The number of fused-ring (bicyclic) bond motifs is 1. The Bertz CT molecular complexity index is 1650. The van der Waals surface area contributed by atoms with Gasteiger partial charge in [0.25, 0.3) is 0 Å². The first-order chi connectivity index (χ1) is 19.1. The van der Waals surface area contributed by atoms with Crippen molar-refractivity contribution in [2.75, 3.05) is 23.3 Å². The van der Waals surface area contributed by atoms with Crippen molar-refractivity contribution < 1.29 is 0 Å². The van der Waals surface area contributed by atoms with E-state index in [-0.39, 0.29) is 0 Å². The summed E-state index contributed by atoms with van der Waals surface area (Å²) in [5.41, 5.74) is 6.93. The molecule has 1 aliphatic heterocycles. The molecule has 0 spiro atoms. The quantitative estimate of drug-likeness (QED) is 0.312. The van der Waals surface area contributed by atoms with E-state index in [1.54, 1.807) is 0 Å². The smallest absolute Gasteiger partial charge is 0.159 e. The van der Waals surface area contributed by atoms with Crippen LogP contribution in [0.2, 0.25) is 0 Å². The SMILES string of the molecule is C=C(Nc1cncc(/C(C)=C/C=c2/[nH]nc(-c3nc4c(N5CCCCC5)nccc4[nH]3)/c2=C\C)c1)C1CCC1. The van der Waals surface area contributed by atoms with Gasteiger partial charge in [0, 0.05) is 36.4 Å². The molecule has 4 aromatic heterocycles. The minimum absolute atomic E-state index is 0.580. The number of aromatic nitrogens is 6. The number of H-pyrrole nitrogens is 2. The lowest BCUT2D eigenvalue weighted by Gasteiger charge is -2.28. The molecule has 4 aromatic rings. The third-order valence-electron chi connectivity index (χ3n) is 7.98. The van der Waals surface area contributed by atoms with Crippen LogP contribution in [-0.2, 0) is 0 Å². The van der Waals surface area contributed by atoms with Crippen LogP contribution in [0.15, 0.2) is 49.1 Å². The molecule has 0 unspecified atom stereocenters. The van der Waals surface area contributed by atoms with E-state index in [9.17, 15) is 0 Å². The van der Waals surface area contributed by atoms with Gasteiger partial charge in [0.2, 0.25) is 0 Å². The minimum atomic E-state index is 0.580. The highest BCUT2D eigenvalue weighted by atomic mass is 15.2. The zero-order chi connectivity index (χ0) is 26.8. The van der Waals surface area contributed by atoms with Crippen LogP contribution >= 0.6 is 0 Å². The maximum absolute atomic E-state index is 4.96. The van der Waals surface area contributed by atoms with E-state index in [0.29, 0.717) is 5.92 Å². The van der Waals surface area contributed by atoms with Gasteiger partial charge in [-0.15, -0.1) is 0 Å². The topological polar surface area (TPSA) is 98.4 Å². The van der Waals surface area contributed by atoms with Gasteiger partial charge in [-0.05, 0) is 81.2 Å². The van der Waals surface area contributed by atoms with E-state index in [2.05, 4.69) is 73.2 Å². The number of hydrogen-bond acceptors (Lipinski definition) is 6. The van der Waals surface area contributed by atoms with Gasteiger partial charge in [0.1, 0.15) is 11.2 Å². The number of piperidine rings is 1. The predicted octanol–water partition coefficient (Wildman–Crippen LogP) is 5.14. The van der Waals surface area contributed by atoms with Crippen LogP contribution < -0.4 is 20.8 Å². The van der Waals surface area contributed by atoms with Crippen molar-refractivity contribution >= 4 is 40.3 Å². The molecule has 8 nitrogen and oxygen atoms in total. The van der Waals surface area contributed by atoms with Crippen LogP contribution in [0.25, 0.3) is 40.3 Å². The Hall–Kier alpha value is -4.20. The van der Waals surface area contributed by atoms with Crippen LogP contribution in [0.5, 0.6) is 0 Å². The number of rotatable bonds is 7. The summed E-state index contributed by atoms with van der Waals surface area (Å²) in [6.45, 7) is 10.4. The molecule has 3 N–H and O–H groups in total. The first kappa shape index (κ1) is 25.1. The summed E-state index contributed by atoms with van der Waals surface area (Å²) >= 11 is 0. The zero-order valence-corrected chi connectivity index (χ0v) is 22.8. The van der Waals surface area contributed by atoms with Crippen molar-refractivity contribution in [1.29, 1.82) is 0 Å². The van der Waals surface area contributed by atoms with Crippen LogP contribution in [0.1, 0.15) is 57.9 Å². The Balaban J connectivity index is 1.28. The molecule has 6 rings (SSSR count). The summed E-state index contributed by atoms with van der Waals surface area (Å²) in [7, 11) is 0. The highest BCUT2D eigenvalue weighted by Crippen LogP contribution is 2.33. The Morgan fingerprint density at radius 3 is 2.77 bits per heavy atom. The van der Waals surface area contributed by atoms with Crippen LogP contribution in [-0.4, -0.2) is 43.2 Å². The molecule has 1 saturated heterocycles. The second-order valence-electron chi connectivity index (χ2n) is 10.6. The van der Waals surface area contributed by atoms with Crippen LogP contribution in [0, 0.1) is 5.92 Å². The van der Waals surface area contributed by atoms with Crippen LogP contribution in [0.3, 0.4) is 0 Å². The lowest BCUT2D eigenvalue weighted by molar-refractivity contribution is 0.371. The van der Waals surface area contributed by atoms with Crippen molar-refractivity contribution in [3.05, 3.63) is 65.2 Å².